The van der Waals surface area contributed by atoms with Crippen LogP contribution in [-0.4, -0.2) is 4.40 Å². The Kier molecular flexibility index (Phi) is 9.86. The van der Waals surface area contributed by atoms with Gasteiger partial charge in [-0.2, -0.15) is 4.40 Å². The van der Waals surface area contributed by atoms with Crippen molar-refractivity contribution in [2.24, 2.45) is 23.7 Å². The number of imidazole rings is 1. The SMILES string of the molecule is CCC1(C)c2cccc3c4ccccc4n4c(-c5c(C(CC(C)C)CC(C)C)cccc5C(CC(C)C)CC(C)C)c[n+](c4c23)C1(C)CC. The van der Waals surface area contributed by atoms with Crippen molar-refractivity contribution in [2.75, 3.05) is 0 Å². The first-order valence-corrected chi connectivity index (χ1v) is 19.8. The quantitative estimate of drug-likeness (QED) is 0.0880. The Balaban J connectivity index is 1.84. The summed E-state index contributed by atoms with van der Waals surface area (Å²) in [6, 6.07) is 23.8. The van der Waals surface area contributed by atoms with Crippen molar-refractivity contribution in [1.82, 2.24) is 4.40 Å². The van der Waals surface area contributed by atoms with E-state index in [4.69, 9.17) is 0 Å². The number of rotatable bonds is 13. The highest BCUT2D eigenvalue weighted by atomic mass is 15.2. The number of aromatic nitrogens is 2. The number of benzene rings is 3. The summed E-state index contributed by atoms with van der Waals surface area (Å²) in [5, 5.41) is 4.19. The van der Waals surface area contributed by atoms with Gasteiger partial charge in [0.15, 0.2) is 5.69 Å². The molecular weight excluding hydrogens is 593 g/mol. The minimum Gasteiger partial charge on any atom is -0.223 e. The average molecular weight is 658 g/mol. The molecule has 1 aliphatic heterocycles. The van der Waals surface area contributed by atoms with Gasteiger partial charge in [0, 0.05) is 21.8 Å². The lowest BCUT2D eigenvalue weighted by atomic mass is 9.62. The van der Waals surface area contributed by atoms with Crippen molar-refractivity contribution in [1.29, 1.82) is 0 Å². The van der Waals surface area contributed by atoms with Gasteiger partial charge in [-0.25, -0.2) is 4.57 Å². The Hall–Kier alpha value is -3.13. The first-order chi connectivity index (χ1) is 23.3. The van der Waals surface area contributed by atoms with E-state index in [1.165, 1.54) is 69.8 Å². The molecule has 3 aromatic carbocycles. The monoisotopic (exact) mass is 658 g/mol. The van der Waals surface area contributed by atoms with Crippen molar-refractivity contribution >= 4 is 27.3 Å². The van der Waals surface area contributed by atoms with Crippen molar-refractivity contribution in [3.8, 4) is 11.3 Å². The Morgan fingerprint density at radius 2 is 1.12 bits per heavy atom. The molecule has 49 heavy (non-hydrogen) atoms. The minimum absolute atomic E-state index is 0.00150. The van der Waals surface area contributed by atoms with Crippen LogP contribution < -0.4 is 4.57 Å². The third kappa shape index (κ3) is 5.84. The van der Waals surface area contributed by atoms with Crippen molar-refractivity contribution in [2.45, 2.75) is 144 Å². The first-order valence-electron chi connectivity index (χ1n) is 19.8. The van der Waals surface area contributed by atoms with E-state index >= 15 is 0 Å². The fourth-order valence-electron chi connectivity index (χ4n) is 10.1. The molecular formula is C47H65N2+. The normalized spacial score (nSPS) is 19.6. The molecule has 0 amide bonds. The van der Waals surface area contributed by atoms with Crippen LogP contribution in [0.5, 0.6) is 0 Å². The molecule has 6 rings (SSSR count). The van der Waals surface area contributed by atoms with Crippen LogP contribution in [0.15, 0.2) is 66.9 Å². The molecule has 1 aliphatic rings. The molecule has 0 saturated heterocycles. The largest absolute Gasteiger partial charge is 0.296 e. The van der Waals surface area contributed by atoms with Crippen molar-refractivity contribution < 1.29 is 4.57 Å². The second-order valence-corrected chi connectivity index (χ2v) is 17.8. The summed E-state index contributed by atoms with van der Waals surface area (Å²) in [7, 11) is 0. The Bertz CT molecular complexity index is 1890. The Morgan fingerprint density at radius 1 is 0.612 bits per heavy atom. The van der Waals surface area contributed by atoms with E-state index in [9.17, 15) is 0 Å². The van der Waals surface area contributed by atoms with Crippen molar-refractivity contribution in [3.05, 3.63) is 83.6 Å². The third-order valence-corrected chi connectivity index (χ3v) is 12.7. The van der Waals surface area contributed by atoms with E-state index in [0.29, 0.717) is 35.5 Å². The summed E-state index contributed by atoms with van der Waals surface area (Å²) < 4.78 is 5.48. The maximum absolute atomic E-state index is 2.76. The highest BCUT2D eigenvalue weighted by Gasteiger charge is 2.54. The zero-order chi connectivity index (χ0) is 35.4. The molecule has 3 heterocycles. The summed E-state index contributed by atoms with van der Waals surface area (Å²) in [4.78, 5) is 0. The summed E-state index contributed by atoms with van der Waals surface area (Å²) in [6.45, 7) is 29.2. The van der Waals surface area contributed by atoms with Gasteiger partial charge < -0.3 is 0 Å². The van der Waals surface area contributed by atoms with Gasteiger partial charge in [0.25, 0.3) is 5.65 Å². The number of hydrogen-bond acceptors (Lipinski definition) is 0. The highest BCUT2D eigenvalue weighted by Crippen LogP contribution is 2.52. The second-order valence-electron chi connectivity index (χ2n) is 17.8. The van der Waals surface area contributed by atoms with Gasteiger partial charge in [0.2, 0.25) is 0 Å². The average Bonchev–Trinajstić information content (AvgIpc) is 3.46. The molecule has 0 bridgehead atoms. The van der Waals surface area contributed by atoms with Gasteiger partial charge in [-0.3, -0.25) is 0 Å². The van der Waals surface area contributed by atoms with Crippen LogP contribution in [0.3, 0.4) is 0 Å². The topological polar surface area (TPSA) is 8.29 Å². The number of hydrogen-bond donors (Lipinski definition) is 0. The lowest BCUT2D eigenvalue weighted by molar-refractivity contribution is -0.750. The van der Waals surface area contributed by atoms with Crippen LogP contribution in [0.4, 0.5) is 0 Å². The molecule has 0 spiro atoms. The van der Waals surface area contributed by atoms with E-state index < -0.39 is 0 Å². The minimum atomic E-state index is -0.0748. The smallest absolute Gasteiger partial charge is 0.223 e. The van der Waals surface area contributed by atoms with E-state index in [1.807, 2.05) is 0 Å². The predicted octanol–water partition coefficient (Wildman–Crippen LogP) is 13.4. The van der Waals surface area contributed by atoms with E-state index in [1.54, 1.807) is 11.1 Å². The number of fused-ring (bicyclic) bond motifs is 3. The molecule has 2 nitrogen and oxygen atoms in total. The van der Waals surface area contributed by atoms with Crippen LogP contribution in [0.1, 0.15) is 150 Å². The molecule has 2 aromatic heterocycles. The van der Waals surface area contributed by atoms with Gasteiger partial charge in [-0.1, -0.05) is 131 Å². The summed E-state index contributed by atoms with van der Waals surface area (Å²) in [5.41, 5.74) is 10.2. The molecule has 0 radical (unpaired) electrons. The molecule has 2 atom stereocenters. The Labute approximate surface area is 298 Å². The third-order valence-electron chi connectivity index (χ3n) is 12.7. The number of nitrogens with zero attached hydrogens (tertiary/aromatic N) is 2. The Morgan fingerprint density at radius 3 is 1.63 bits per heavy atom. The van der Waals surface area contributed by atoms with Crippen LogP contribution in [0.2, 0.25) is 0 Å². The fourth-order valence-corrected chi connectivity index (χ4v) is 10.1. The van der Waals surface area contributed by atoms with Gasteiger partial charge in [-0.15, -0.1) is 0 Å². The first kappa shape index (κ1) is 35.7. The molecule has 2 heteroatoms. The molecule has 0 N–H and O–H groups in total. The molecule has 0 aliphatic carbocycles. The van der Waals surface area contributed by atoms with Crippen LogP contribution in [0.25, 0.3) is 38.6 Å². The maximum atomic E-state index is 2.76. The zero-order valence-corrected chi connectivity index (χ0v) is 33.0. The van der Waals surface area contributed by atoms with Crippen LogP contribution in [0, 0.1) is 23.7 Å². The van der Waals surface area contributed by atoms with Gasteiger partial charge in [0.05, 0.1) is 5.39 Å². The van der Waals surface area contributed by atoms with E-state index in [-0.39, 0.29) is 11.0 Å². The molecule has 5 aromatic rings. The predicted molar refractivity (Wildman–Crippen MR) is 213 cm³/mol. The van der Waals surface area contributed by atoms with Crippen molar-refractivity contribution in [3.63, 3.8) is 0 Å². The van der Waals surface area contributed by atoms with Crippen LogP contribution in [-0.2, 0) is 11.0 Å². The van der Waals surface area contributed by atoms with Gasteiger partial charge in [0.1, 0.15) is 17.3 Å². The molecule has 2 unspecified atom stereocenters. The summed E-state index contributed by atoms with van der Waals surface area (Å²) in [6.07, 6.45) is 9.65. The van der Waals surface area contributed by atoms with Gasteiger partial charge >= 0.3 is 0 Å². The zero-order valence-electron chi connectivity index (χ0n) is 33.0. The van der Waals surface area contributed by atoms with E-state index in [2.05, 4.69) is 159 Å². The summed E-state index contributed by atoms with van der Waals surface area (Å²) in [5.74, 6) is 3.58. The molecule has 0 saturated carbocycles. The van der Waals surface area contributed by atoms with Crippen LogP contribution >= 0.6 is 0 Å². The lowest BCUT2D eigenvalue weighted by Crippen LogP contribution is -2.65. The fraction of sp³-hybridized carbons (Fsp3) is 0.553. The number of para-hydroxylation sites is 1. The summed E-state index contributed by atoms with van der Waals surface area (Å²) >= 11 is 0. The molecule has 0 fully saturated rings. The molecule has 262 valence electrons. The second kappa shape index (κ2) is 13.5. The van der Waals surface area contributed by atoms with E-state index in [0.717, 1.165) is 12.8 Å². The number of pyridine rings is 1. The lowest BCUT2D eigenvalue weighted by Gasteiger charge is -2.46. The standard InChI is InChI=1S/C47H65N2/c1-13-46(11)40-23-18-22-39-38-19-15-16-24-41(38)49-42(29-48(45(49)44(39)40)47(46,12)14-2)43-36(34(25-30(3)4)26-31(5)6)20-17-21-37(43)35(27-32(7)8)28-33(9)10/h15-24,29-35H,13-14,25-28H2,1-12H3/q+1. The maximum Gasteiger partial charge on any atom is 0.296 e. The highest BCUT2D eigenvalue weighted by molar-refractivity contribution is 6.13. The van der Waals surface area contributed by atoms with Gasteiger partial charge in [-0.05, 0) is 104 Å².